The topological polar surface area (TPSA) is 43.8 Å². The van der Waals surface area contributed by atoms with Gasteiger partial charge in [0.2, 0.25) is 0 Å². The van der Waals surface area contributed by atoms with Gasteiger partial charge in [0.15, 0.2) is 0 Å². The minimum absolute atomic E-state index is 0.273. The Morgan fingerprint density at radius 2 is 2.25 bits per heavy atom. The van der Waals surface area contributed by atoms with Crippen molar-refractivity contribution >= 4 is 22.6 Å². The summed E-state index contributed by atoms with van der Waals surface area (Å²) in [5.74, 6) is -0.273. The molecule has 16 heavy (non-hydrogen) atoms. The van der Waals surface area contributed by atoms with E-state index in [0.29, 0.717) is 18.7 Å². The molecule has 0 aliphatic heterocycles. The monoisotopic (exact) mass is 331 g/mol. The van der Waals surface area contributed by atoms with Gasteiger partial charge in [-0.2, -0.15) is 5.10 Å². The van der Waals surface area contributed by atoms with Crippen molar-refractivity contribution < 1.29 is 4.39 Å². The quantitative estimate of drug-likeness (QED) is 0.876. The molecule has 0 amide bonds. The predicted molar refractivity (Wildman–Crippen MR) is 69.0 cm³/mol. The second-order valence-corrected chi connectivity index (χ2v) is 4.63. The number of nitrogens with two attached hydrogens (primary N) is 1. The van der Waals surface area contributed by atoms with Crippen molar-refractivity contribution in [1.29, 1.82) is 0 Å². The molecule has 0 radical (unpaired) electrons. The fraction of sp³-hybridized carbons (Fsp3) is 0.182. The van der Waals surface area contributed by atoms with Crippen molar-refractivity contribution in [3.8, 4) is 5.69 Å². The van der Waals surface area contributed by atoms with Crippen LogP contribution in [0.1, 0.15) is 5.56 Å². The van der Waals surface area contributed by atoms with Gasteiger partial charge >= 0.3 is 0 Å². The molecule has 0 aliphatic carbocycles. The lowest BCUT2D eigenvalue weighted by Gasteiger charge is -2.09. The lowest BCUT2D eigenvalue weighted by atomic mass is 10.1. The van der Waals surface area contributed by atoms with Gasteiger partial charge in [-0.15, -0.1) is 0 Å². The smallest absolute Gasteiger partial charge is 0.149 e. The van der Waals surface area contributed by atoms with Gasteiger partial charge in [-0.1, -0.05) is 12.1 Å². The van der Waals surface area contributed by atoms with Crippen molar-refractivity contribution in [2.75, 3.05) is 6.54 Å². The lowest BCUT2D eigenvalue weighted by Crippen LogP contribution is -2.08. The number of para-hydroxylation sites is 1. The summed E-state index contributed by atoms with van der Waals surface area (Å²) in [6.07, 6.45) is 4.13. The van der Waals surface area contributed by atoms with Gasteiger partial charge < -0.3 is 5.73 Å². The molecule has 1 aromatic carbocycles. The zero-order valence-electron chi connectivity index (χ0n) is 8.53. The molecule has 3 nitrogen and oxygen atoms in total. The Kier molecular flexibility index (Phi) is 3.55. The molecule has 84 valence electrons. The van der Waals surface area contributed by atoms with Crippen molar-refractivity contribution in [3.63, 3.8) is 0 Å². The largest absolute Gasteiger partial charge is 0.330 e. The van der Waals surface area contributed by atoms with Gasteiger partial charge in [0.25, 0.3) is 0 Å². The second-order valence-electron chi connectivity index (χ2n) is 3.39. The van der Waals surface area contributed by atoms with E-state index >= 15 is 0 Å². The Morgan fingerprint density at radius 1 is 1.44 bits per heavy atom. The minimum Gasteiger partial charge on any atom is -0.330 e. The molecular formula is C11H11FIN3. The average Bonchev–Trinajstić information content (AvgIpc) is 2.65. The number of halogens is 2. The second kappa shape index (κ2) is 4.92. The highest BCUT2D eigenvalue weighted by Crippen LogP contribution is 2.19. The van der Waals surface area contributed by atoms with Crippen LogP contribution in [-0.2, 0) is 6.42 Å². The normalized spacial score (nSPS) is 10.7. The molecule has 0 fully saturated rings. The number of hydrogen-bond acceptors (Lipinski definition) is 2. The highest BCUT2D eigenvalue weighted by Gasteiger charge is 2.10. The predicted octanol–water partition coefficient (Wildman–Crippen LogP) is 2.12. The molecule has 5 heteroatoms. The Bertz CT molecular complexity index is 496. The Labute approximate surface area is 107 Å². The molecule has 2 N–H and O–H groups in total. The van der Waals surface area contributed by atoms with E-state index in [4.69, 9.17) is 5.73 Å². The lowest BCUT2D eigenvalue weighted by molar-refractivity contribution is 0.607. The molecule has 1 aromatic heterocycles. The first-order valence-electron chi connectivity index (χ1n) is 4.90. The summed E-state index contributed by atoms with van der Waals surface area (Å²) >= 11 is 2.14. The van der Waals surface area contributed by atoms with Crippen LogP contribution in [0.3, 0.4) is 0 Å². The van der Waals surface area contributed by atoms with E-state index in [0.717, 1.165) is 9.13 Å². The highest BCUT2D eigenvalue weighted by atomic mass is 127. The van der Waals surface area contributed by atoms with Crippen LogP contribution in [0.2, 0.25) is 0 Å². The van der Waals surface area contributed by atoms with Crippen LogP contribution in [0, 0.1) is 9.39 Å². The van der Waals surface area contributed by atoms with Gasteiger partial charge in [-0.05, 0) is 47.2 Å². The SMILES string of the molecule is NCCc1cccc(F)c1-n1cc(I)cn1. The summed E-state index contributed by atoms with van der Waals surface area (Å²) < 4.78 is 16.3. The summed E-state index contributed by atoms with van der Waals surface area (Å²) in [5, 5.41) is 4.12. The zero-order valence-corrected chi connectivity index (χ0v) is 10.7. The molecule has 2 aromatic rings. The number of hydrogen-bond donors (Lipinski definition) is 1. The third-order valence-electron chi connectivity index (χ3n) is 2.26. The van der Waals surface area contributed by atoms with E-state index in [1.165, 1.54) is 6.07 Å². The van der Waals surface area contributed by atoms with Crippen molar-refractivity contribution in [3.05, 3.63) is 45.5 Å². The first kappa shape index (κ1) is 11.5. The summed E-state index contributed by atoms with van der Waals surface area (Å²) in [4.78, 5) is 0. The van der Waals surface area contributed by atoms with E-state index in [1.807, 2.05) is 6.07 Å². The molecule has 0 aliphatic rings. The van der Waals surface area contributed by atoms with E-state index in [2.05, 4.69) is 27.7 Å². The number of nitrogens with zero attached hydrogens (tertiary/aromatic N) is 2. The molecule has 0 spiro atoms. The number of aromatic nitrogens is 2. The van der Waals surface area contributed by atoms with Crippen LogP contribution in [0.5, 0.6) is 0 Å². The maximum Gasteiger partial charge on any atom is 0.149 e. The zero-order chi connectivity index (χ0) is 11.5. The van der Waals surface area contributed by atoms with Crippen molar-refractivity contribution in [2.24, 2.45) is 5.73 Å². The first-order chi connectivity index (χ1) is 7.72. The first-order valence-corrected chi connectivity index (χ1v) is 5.98. The molecule has 0 atom stereocenters. The molecule has 2 rings (SSSR count). The molecule has 0 bridgehead atoms. The van der Waals surface area contributed by atoms with Crippen LogP contribution in [0.15, 0.2) is 30.6 Å². The molecule has 0 unspecified atom stereocenters. The Balaban J connectivity index is 2.53. The van der Waals surface area contributed by atoms with Gasteiger partial charge in [0, 0.05) is 6.20 Å². The Morgan fingerprint density at radius 3 is 2.88 bits per heavy atom. The summed E-state index contributed by atoms with van der Waals surface area (Å²) in [7, 11) is 0. The number of rotatable bonds is 3. The molecular weight excluding hydrogens is 320 g/mol. The maximum atomic E-state index is 13.8. The Hall–Kier alpha value is -0.950. The van der Waals surface area contributed by atoms with Gasteiger partial charge in [-0.25, -0.2) is 9.07 Å². The van der Waals surface area contributed by atoms with E-state index in [-0.39, 0.29) is 5.82 Å². The van der Waals surface area contributed by atoms with E-state index < -0.39 is 0 Å². The standard InChI is InChI=1S/C11H11FIN3/c12-10-3-1-2-8(4-5-14)11(10)16-7-9(13)6-15-16/h1-3,6-7H,4-5,14H2. The minimum atomic E-state index is -0.273. The molecule has 0 saturated carbocycles. The number of benzene rings is 1. The van der Waals surface area contributed by atoms with Gasteiger partial charge in [0.05, 0.1) is 9.77 Å². The third-order valence-corrected chi connectivity index (χ3v) is 2.82. The molecule has 0 saturated heterocycles. The maximum absolute atomic E-state index is 13.8. The van der Waals surface area contributed by atoms with Crippen LogP contribution in [0.4, 0.5) is 4.39 Å². The highest BCUT2D eigenvalue weighted by molar-refractivity contribution is 14.1. The van der Waals surface area contributed by atoms with Crippen molar-refractivity contribution in [1.82, 2.24) is 9.78 Å². The van der Waals surface area contributed by atoms with Crippen LogP contribution < -0.4 is 5.73 Å². The average molecular weight is 331 g/mol. The molecule has 1 heterocycles. The van der Waals surface area contributed by atoms with Gasteiger partial charge in [0.1, 0.15) is 11.5 Å². The van der Waals surface area contributed by atoms with Crippen LogP contribution >= 0.6 is 22.6 Å². The van der Waals surface area contributed by atoms with E-state index in [9.17, 15) is 4.39 Å². The summed E-state index contributed by atoms with van der Waals surface area (Å²) in [5.41, 5.74) is 6.88. The van der Waals surface area contributed by atoms with Crippen LogP contribution in [-0.4, -0.2) is 16.3 Å². The summed E-state index contributed by atoms with van der Waals surface area (Å²) in [6, 6.07) is 5.00. The van der Waals surface area contributed by atoms with Crippen molar-refractivity contribution in [2.45, 2.75) is 6.42 Å². The third kappa shape index (κ3) is 2.25. The fourth-order valence-corrected chi connectivity index (χ4v) is 1.99. The van der Waals surface area contributed by atoms with Gasteiger partial charge in [-0.3, -0.25) is 0 Å². The van der Waals surface area contributed by atoms with Crippen LogP contribution in [0.25, 0.3) is 5.69 Å². The fourth-order valence-electron chi connectivity index (χ4n) is 1.60. The summed E-state index contributed by atoms with van der Waals surface area (Å²) in [6.45, 7) is 0.495. The van der Waals surface area contributed by atoms with E-state index in [1.54, 1.807) is 23.1 Å².